The average molecular weight is 1620 g/mol. The number of nitrogens with zero attached hydrogens (tertiary/aromatic N) is 6. The fourth-order valence-electron chi connectivity index (χ4n) is 18.5. The molecule has 9 nitrogen and oxygen atoms in total. The van der Waals surface area contributed by atoms with E-state index >= 15 is 0 Å². The van der Waals surface area contributed by atoms with Crippen LogP contribution >= 0.6 is 0 Å². The molecule has 127 heavy (non-hydrogen) atoms. The van der Waals surface area contributed by atoms with Gasteiger partial charge in [-0.25, -0.2) is 29.9 Å². The molecule has 0 aliphatic heterocycles. The van der Waals surface area contributed by atoms with E-state index in [0.29, 0.717) is 5.82 Å². The Hall–Kier alpha value is -17.1. The predicted octanol–water partition coefficient (Wildman–Crippen LogP) is 31.9. The van der Waals surface area contributed by atoms with E-state index in [9.17, 15) is 0 Å². The van der Waals surface area contributed by atoms with E-state index in [1.54, 1.807) is 0 Å². The van der Waals surface area contributed by atoms with Crippen LogP contribution in [0.3, 0.4) is 0 Å². The van der Waals surface area contributed by atoms with Gasteiger partial charge in [0.25, 0.3) is 0 Å². The van der Waals surface area contributed by atoms with Crippen LogP contribution in [0.1, 0.15) is 0 Å². The lowest BCUT2D eigenvalue weighted by atomic mass is 9.96. The third-order valence-corrected chi connectivity index (χ3v) is 24.6. The van der Waals surface area contributed by atoms with Gasteiger partial charge in [-0.2, -0.15) is 0 Å². The molecule has 0 unspecified atom stereocenters. The highest BCUT2D eigenvalue weighted by molar-refractivity contribution is 6.18. The van der Waals surface area contributed by atoms with E-state index in [0.717, 1.165) is 215 Å². The highest BCUT2D eigenvalue weighted by Gasteiger charge is 2.24. The number of rotatable bonds is 10. The van der Waals surface area contributed by atoms with Crippen molar-refractivity contribution in [2.24, 2.45) is 0 Å². The fraction of sp³-hybridized carbons (Fsp3) is 0. The maximum atomic E-state index is 6.26. The first-order valence-corrected chi connectivity index (χ1v) is 42.8. The number of furan rings is 3. The van der Waals surface area contributed by atoms with Crippen molar-refractivity contribution in [1.29, 1.82) is 0 Å². The molecule has 20 aromatic carbocycles. The number of aromatic nitrogens is 6. The SMILES string of the molecule is c1ccc(-c2ccc(-c3nc(-c4cccc(-c5cccc6oc7ccccc7c56)c4)nc4c3ccc3ccccc34)cc2)cc1.c1ccc(-c2nc3ccc4cc(-c5cccc6oc7ccccc7c56)ccc4c3nc2-c2ccccc2)cc1.c1ccc2cc(-c3ccc(-c4nc5ccc6ccccc6c5nc4-c4cccc5oc6ccccc6c45)cc3)ccc2c1. The van der Waals surface area contributed by atoms with Crippen LogP contribution in [0.25, 0.3) is 254 Å². The second-order valence-corrected chi connectivity index (χ2v) is 32.2. The van der Waals surface area contributed by atoms with Gasteiger partial charge in [0.15, 0.2) is 5.82 Å². The molecular weight excluding hydrogens is 1550 g/mol. The van der Waals surface area contributed by atoms with Crippen LogP contribution in [0.15, 0.2) is 450 Å². The van der Waals surface area contributed by atoms with Gasteiger partial charge in [0.1, 0.15) is 33.5 Å². The minimum absolute atomic E-state index is 0.701. The summed E-state index contributed by atoms with van der Waals surface area (Å²) in [7, 11) is 0. The third-order valence-electron chi connectivity index (χ3n) is 24.6. The minimum atomic E-state index is 0.701. The summed E-state index contributed by atoms with van der Waals surface area (Å²) in [5.41, 5.74) is 29.7. The largest absolute Gasteiger partial charge is 0.456 e. The summed E-state index contributed by atoms with van der Waals surface area (Å²) in [5, 5.41) is 16.9. The topological polar surface area (TPSA) is 117 Å². The molecule has 26 aromatic rings. The maximum Gasteiger partial charge on any atom is 0.160 e. The van der Waals surface area contributed by atoms with Crippen LogP contribution < -0.4 is 0 Å². The van der Waals surface area contributed by atoms with Crippen molar-refractivity contribution >= 4 is 142 Å². The summed E-state index contributed by atoms with van der Waals surface area (Å²) in [5.74, 6) is 0.701. The molecule has 0 radical (unpaired) electrons. The molecule has 592 valence electrons. The van der Waals surface area contributed by atoms with E-state index in [1.165, 1.54) is 33.0 Å². The fourth-order valence-corrected chi connectivity index (χ4v) is 18.5. The predicted molar refractivity (Wildman–Crippen MR) is 525 cm³/mol. The number of hydrogen-bond donors (Lipinski definition) is 0. The monoisotopic (exact) mass is 1620 g/mol. The zero-order chi connectivity index (χ0) is 83.8. The van der Waals surface area contributed by atoms with Gasteiger partial charge in [0, 0.05) is 87.2 Å². The van der Waals surface area contributed by atoms with Crippen molar-refractivity contribution in [1.82, 2.24) is 29.9 Å². The molecule has 6 heterocycles. The van der Waals surface area contributed by atoms with Gasteiger partial charge in [0.2, 0.25) is 0 Å². The van der Waals surface area contributed by atoms with Crippen molar-refractivity contribution < 1.29 is 13.3 Å². The number of para-hydroxylation sites is 3. The molecule has 0 atom stereocenters. The Morgan fingerprint density at radius 2 is 0.488 bits per heavy atom. The minimum Gasteiger partial charge on any atom is -0.456 e. The molecule has 6 aromatic heterocycles. The third kappa shape index (κ3) is 13.3. The van der Waals surface area contributed by atoms with Crippen LogP contribution in [-0.4, -0.2) is 29.9 Å². The van der Waals surface area contributed by atoms with Crippen molar-refractivity contribution in [2.45, 2.75) is 0 Å². The Labute approximate surface area is 729 Å². The summed E-state index contributed by atoms with van der Waals surface area (Å²) in [6, 6.07) is 152. The molecular formula is C118H72N6O3. The van der Waals surface area contributed by atoms with E-state index in [1.807, 2.05) is 103 Å². The van der Waals surface area contributed by atoms with Crippen molar-refractivity contribution in [2.75, 3.05) is 0 Å². The van der Waals surface area contributed by atoms with Crippen LogP contribution in [0.5, 0.6) is 0 Å². The van der Waals surface area contributed by atoms with Gasteiger partial charge in [-0.05, 0) is 144 Å². The molecule has 26 rings (SSSR count). The van der Waals surface area contributed by atoms with Crippen LogP contribution in [0.2, 0.25) is 0 Å². The first kappa shape index (κ1) is 73.8. The highest BCUT2D eigenvalue weighted by atomic mass is 16.3. The number of hydrogen-bond acceptors (Lipinski definition) is 9. The summed E-state index contributed by atoms with van der Waals surface area (Å²) >= 11 is 0. The zero-order valence-electron chi connectivity index (χ0n) is 68.5. The number of benzene rings is 20. The molecule has 0 saturated heterocycles. The molecule has 0 saturated carbocycles. The van der Waals surface area contributed by atoms with Gasteiger partial charge in [-0.1, -0.05) is 364 Å². The van der Waals surface area contributed by atoms with E-state index < -0.39 is 0 Å². The van der Waals surface area contributed by atoms with Gasteiger partial charge in [0.05, 0.1) is 56.1 Å². The molecule has 0 N–H and O–H groups in total. The lowest BCUT2D eigenvalue weighted by molar-refractivity contribution is 0.668. The van der Waals surface area contributed by atoms with Crippen LogP contribution in [0, 0.1) is 0 Å². The van der Waals surface area contributed by atoms with Crippen molar-refractivity contribution in [3.05, 3.63) is 437 Å². The summed E-state index contributed by atoms with van der Waals surface area (Å²) in [4.78, 5) is 31.6. The Balaban J connectivity index is 0.000000107. The first-order valence-electron chi connectivity index (χ1n) is 42.8. The Morgan fingerprint density at radius 3 is 1.07 bits per heavy atom. The van der Waals surface area contributed by atoms with Gasteiger partial charge in [-0.3, -0.25) is 0 Å². The van der Waals surface area contributed by atoms with Gasteiger partial charge >= 0.3 is 0 Å². The lowest BCUT2D eigenvalue weighted by Crippen LogP contribution is -1.97. The summed E-state index contributed by atoms with van der Waals surface area (Å²) in [6.45, 7) is 0. The summed E-state index contributed by atoms with van der Waals surface area (Å²) < 4.78 is 18.6. The Bertz CT molecular complexity index is 8830. The van der Waals surface area contributed by atoms with Crippen LogP contribution in [-0.2, 0) is 0 Å². The average Bonchev–Trinajstić information content (AvgIpc) is 1.03. The standard InChI is InChI=1S/C42H26N2O.C40H24N2O.C36H22N2O/c1-2-10-27(11-3-1)28-20-22-30(23-21-28)40-36-25-24-29-12-4-5-15-34(29)41(36)44-42(43-40)32-14-8-13-31(26-32)33-17-9-19-38-39(33)35-16-6-7-18-37(35)45-38;1-2-10-29-24-30(21-18-25(29)8-1)26-16-19-28(20-17-26)38-40(42-39-31-11-4-3-9-27(31)22-23-34(39)41-38)33-13-7-15-36-37(33)32-12-5-6-14-35(32)43-36;1-3-10-23(11-4-1)34-35(24-12-5-2-6-13-24)38-36-28-20-18-25(22-26(28)19-21-30(36)37-34)27-15-9-17-32-33(27)29-14-7-8-16-31(29)39-32/h1-26H;1-24H;1-22H. The van der Waals surface area contributed by atoms with Gasteiger partial charge < -0.3 is 13.3 Å². The first-order chi connectivity index (χ1) is 62.9. The quantitative estimate of drug-likeness (QED) is 0.123. The molecule has 0 spiro atoms. The smallest absolute Gasteiger partial charge is 0.160 e. The Kier molecular flexibility index (Phi) is 18.0. The van der Waals surface area contributed by atoms with Crippen molar-refractivity contribution in [3.8, 4) is 112 Å². The van der Waals surface area contributed by atoms with Crippen LogP contribution in [0.4, 0.5) is 0 Å². The van der Waals surface area contributed by atoms with E-state index in [-0.39, 0.29) is 0 Å². The van der Waals surface area contributed by atoms with E-state index in [2.05, 4.69) is 334 Å². The summed E-state index contributed by atoms with van der Waals surface area (Å²) in [6.07, 6.45) is 0. The van der Waals surface area contributed by atoms with E-state index in [4.69, 9.17) is 43.2 Å². The molecule has 0 amide bonds. The van der Waals surface area contributed by atoms with Gasteiger partial charge in [-0.15, -0.1) is 0 Å². The zero-order valence-corrected chi connectivity index (χ0v) is 68.5. The normalized spacial score (nSPS) is 11.6. The molecule has 0 fully saturated rings. The second kappa shape index (κ2) is 31.1. The number of fused-ring (bicyclic) bond motifs is 19. The second-order valence-electron chi connectivity index (χ2n) is 32.2. The molecule has 9 heteroatoms. The molecule has 0 aliphatic carbocycles. The Morgan fingerprint density at radius 1 is 0.150 bits per heavy atom. The maximum absolute atomic E-state index is 6.26. The molecule has 0 bridgehead atoms. The highest BCUT2D eigenvalue weighted by Crippen LogP contribution is 2.46. The van der Waals surface area contributed by atoms with Crippen molar-refractivity contribution in [3.63, 3.8) is 0 Å². The lowest BCUT2D eigenvalue weighted by Gasteiger charge is -2.13. The molecule has 0 aliphatic rings.